The Morgan fingerprint density at radius 3 is 0.750 bits per heavy atom. The quantitative estimate of drug-likeness (QED) is 0.386. The van der Waals surface area contributed by atoms with Crippen LogP contribution in [0.15, 0.2) is 0 Å². The van der Waals surface area contributed by atoms with Crippen LogP contribution in [0.25, 0.3) is 0 Å². The molecule has 0 bridgehead atoms. The van der Waals surface area contributed by atoms with Crippen LogP contribution in [0.2, 0.25) is 0 Å². The van der Waals surface area contributed by atoms with Gasteiger partial charge in [-0.1, -0.05) is 0 Å². The molecule has 4 heteroatoms. The molecular formula is H8Ge2NiW. The summed E-state index contributed by atoms with van der Waals surface area (Å²) in [6, 6.07) is 0. The Hall–Kier alpha value is 2.27. The zero-order valence-corrected chi connectivity index (χ0v) is 4.65. The molecule has 0 N–H and O–H groups in total. The van der Waals surface area contributed by atoms with Gasteiger partial charge in [0.15, 0.2) is 0 Å². The zero-order chi connectivity index (χ0) is 0. The van der Waals surface area contributed by atoms with Gasteiger partial charge in [0.25, 0.3) is 0 Å². The van der Waals surface area contributed by atoms with Gasteiger partial charge < -0.3 is 0 Å². The summed E-state index contributed by atoms with van der Waals surface area (Å²) >= 11 is 0. The minimum atomic E-state index is 0. The minimum absolute atomic E-state index is 0. The van der Waals surface area contributed by atoms with E-state index in [0.29, 0.717) is 0 Å². The molecular weight excluding hydrogens is 388 g/mol. The fourth-order valence-electron chi connectivity index (χ4n) is 0. The molecule has 0 amide bonds. The van der Waals surface area contributed by atoms with Gasteiger partial charge in [0, 0.05) is 37.6 Å². The predicted octanol–water partition coefficient (Wildman–Crippen LogP) is -2.91. The van der Waals surface area contributed by atoms with Crippen LogP contribution >= 0.6 is 0 Å². The summed E-state index contributed by atoms with van der Waals surface area (Å²) in [6.07, 6.45) is 0. The Labute approximate surface area is 72.0 Å². The predicted molar refractivity (Wildman–Crippen MR) is 22.7 cm³/mol. The third kappa shape index (κ3) is 8.86. The molecule has 0 aliphatic heterocycles. The molecule has 0 rings (SSSR count). The van der Waals surface area contributed by atoms with E-state index in [1.807, 2.05) is 0 Å². The Kier molecular flexibility index (Phi) is 158. The molecule has 4 heavy (non-hydrogen) atoms. The summed E-state index contributed by atoms with van der Waals surface area (Å²) in [6.45, 7) is 0. The molecule has 0 fully saturated rings. The molecule has 0 unspecified atom stereocenters. The van der Waals surface area contributed by atoms with E-state index >= 15 is 0 Å². The molecule has 0 aromatic heterocycles. The second-order valence-electron chi connectivity index (χ2n) is 0. The molecule has 0 atom stereocenters. The number of rotatable bonds is 0. The van der Waals surface area contributed by atoms with Gasteiger partial charge in [-0.2, -0.15) is 0 Å². The van der Waals surface area contributed by atoms with E-state index in [-0.39, 0.29) is 72.8 Å². The largest absolute Gasteiger partial charge is 0 e. The third-order valence-corrected chi connectivity index (χ3v) is 0. The van der Waals surface area contributed by atoms with Crippen LogP contribution in [0, 0.1) is 0 Å². The summed E-state index contributed by atoms with van der Waals surface area (Å²) in [7, 11) is 0. The average molecular weight is 396 g/mol. The molecule has 32 valence electrons. The summed E-state index contributed by atoms with van der Waals surface area (Å²) in [4.78, 5) is 0. The Morgan fingerprint density at radius 1 is 0.750 bits per heavy atom. The van der Waals surface area contributed by atoms with Crippen LogP contribution in [0.5, 0.6) is 0 Å². The standard InChI is InChI=1S/2GeH4.Ni.W/h2*1H4;;. The van der Waals surface area contributed by atoms with E-state index in [1.165, 1.54) is 0 Å². The van der Waals surface area contributed by atoms with Gasteiger partial charge in [-0.05, 0) is 0 Å². The molecule has 0 spiro atoms. The van der Waals surface area contributed by atoms with E-state index in [9.17, 15) is 0 Å². The molecule has 0 saturated heterocycles. The van der Waals surface area contributed by atoms with Crippen LogP contribution in [0.1, 0.15) is 0 Å². The van der Waals surface area contributed by atoms with Crippen molar-refractivity contribution in [3.05, 3.63) is 0 Å². The first-order valence-electron chi connectivity index (χ1n) is 0. The minimum Gasteiger partial charge on any atom is 0 e. The van der Waals surface area contributed by atoms with E-state index in [2.05, 4.69) is 0 Å². The van der Waals surface area contributed by atoms with Crippen molar-refractivity contribution in [3.63, 3.8) is 0 Å². The van der Waals surface area contributed by atoms with Crippen molar-refractivity contribution in [2.45, 2.75) is 0 Å². The second kappa shape index (κ2) is 18.7. The Balaban J connectivity index is 0. The maximum atomic E-state index is 0. The Morgan fingerprint density at radius 2 is 0.750 bits per heavy atom. The normalized spacial score (nSPS) is 0. The van der Waals surface area contributed by atoms with Crippen LogP contribution in [-0.4, -0.2) is 35.2 Å². The first kappa shape index (κ1) is 33.8. The second-order valence-corrected chi connectivity index (χ2v) is 0. The van der Waals surface area contributed by atoms with Gasteiger partial charge in [0.1, 0.15) is 0 Å². The maximum Gasteiger partial charge on any atom is 0 e. The van der Waals surface area contributed by atoms with Gasteiger partial charge >= 0.3 is 35.2 Å². The van der Waals surface area contributed by atoms with E-state index in [0.717, 1.165) is 0 Å². The van der Waals surface area contributed by atoms with Gasteiger partial charge in [-0.3, -0.25) is 0 Å². The molecule has 0 nitrogen and oxygen atoms in total. The summed E-state index contributed by atoms with van der Waals surface area (Å²) < 4.78 is 0. The van der Waals surface area contributed by atoms with Crippen molar-refractivity contribution in [3.8, 4) is 0 Å². The fourth-order valence-corrected chi connectivity index (χ4v) is 0. The van der Waals surface area contributed by atoms with Crippen LogP contribution < -0.4 is 0 Å². The first-order chi connectivity index (χ1) is 0. The summed E-state index contributed by atoms with van der Waals surface area (Å²) in [5.74, 6) is 0. The van der Waals surface area contributed by atoms with Crippen LogP contribution in [0.4, 0.5) is 0 Å². The Bertz CT molecular complexity index is 6.00. The molecule has 0 aromatic carbocycles. The summed E-state index contributed by atoms with van der Waals surface area (Å²) in [5.41, 5.74) is 0. The molecule has 0 saturated carbocycles. The molecule has 0 aliphatic rings. The van der Waals surface area contributed by atoms with Crippen molar-refractivity contribution >= 4 is 35.2 Å². The van der Waals surface area contributed by atoms with Crippen molar-refractivity contribution in [1.82, 2.24) is 0 Å². The van der Waals surface area contributed by atoms with Gasteiger partial charge in [0.05, 0.1) is 0 Å². The van der Waals surface area contributed by atoms with Crippen molar-refractivity contribution in [2.75, 3.05) is 0 Å². The molecule has 0 aliphatic carbocycles. The first-order valence-corrected chi connectivity index (χ1v) is 0. The van der Waals surface area contributed by atoms with Crippen LogP contribution in [-0.2, 0) is 37.6 Å². The van der Waals surface area contributed by atoms with Crippen molar-refractivity contribution in [2.24, 2.45) is 0 Å². The fraction of sp³-hybridized carbons (Fsp3) is 0. The van der Waals surface area contributed by atoms with Crippen molar-refractivity contribution < 1.29 is 37.6 Å². The van der Waals surface area contributed by atoms with Crippen molar-refractivity contribution in [1.29, 1.82) is 0 Å². The zero-order valence-electron chi connectivity index (χ0n) is 0.724. The van der Waals surface area contributed by atoms with Gasteiger partial charge in [0.2, 0.25) is 0 Å². The molecule has 0 radical (unpaired) electrons. The van der Waals surface area contributed by atoms with E-state index in [1.54, 1.807) is 0 Å². The number of hydrogen-bond donors (Lipinski definition) is 0. The monoisotopic (exact) mass is 398 g/mol. The maximum absolute atomic E-state index is 0. The topological polar surface area (TPSA) is 0 Å². The van der Waals surface area contributed by atoms with Gasteiger partial charge in [-0.25, -0.2) is 0 Å². The SMILES string of the molecule is [GeH4].[GeH4].[Ni].[W]. The molecule has 0 aromatic rings. The number of hydrogen-bond acceptors (Lipinski definition) is 0. The van der Waals surface area contributed by atoms with Crippen LogP contribution in [0.3, 0.4) is 0 Å². The average Bonchev–Trinajstić information content (AvgIpc) is 0. The molecule has 0 heterocycles. The summed E-state index contributed by atoms with van der Waals surface area (Å²) in [5, 5.41) is 0. The third-order valence-electron chi connectivity index (χ3n) is 0. The smallest absolute Gasteiger partial charge is 0 e. The van der Waals surface area contributed by atoms with E-state index in [4.69, 9.17) is 0 Å². The van der Waals surface area contributed by atoms with Gasteiger partial charge in [-0.15, -0.1) is 0 Å². The van der Waals surface area contributed by atoms with E-state index < -0.39 is 0 Å².